The highest BCUT2D eigenvalue weighted by atomic mass is 127. The molecule has 0 radical (unpaired) electrons. The van der Waals surface area contributed by atoms with Crippen LogP contribution in [0.4, 0.5) is 5.69 Å². The van der Waals surface area contributed by atoms with Crippen molar-refractivity contribution in [3.05, 3.63) is 49.7 Å². The molecule has 2 N–H and O–H groups in total. The van der Waals surface area contributed by atoms with Crippen molar-refractivity contribution in [3.8, 4) is 0 Å². The SMILES string of the molecule is Nc1ccc(I)cc1C(=O)OCCc1cccs1. The Hall–Kier alpha value is -1.08. The molecule has 0 saturated heterocycles. The Morgan fingerprint density at radius 2 is 2.22 bits per heavy atom. The minimum Gasteiger partial charge on any atom is -0.462 e. The Labute approximate surface area is 123 Å². The Kier molecular flexibility index (Phi) is 4.60. The number of rotatable bonds is 4. The quantitative estimate of drug-likeness (QED) is 0.508. The molecule has 3 nitrogen and oxygen atoms in total. The molecule has 2 rings (SSSR count). The number of benzene rings is 1. The lowest BCUT2D eigenvalue weighted by molar-refractivity contribution is 0.0511. The maximum Gasteiger partial charge on any atom is 0.340 e. The van der Waals surface area contributed by atoms with Crippen molar-refractivity contribution in [1.29, 1.82) is 0 Å². The average Bonchev–Trinajstić information content (AvgIpc) is 2.85. The predicted octanol–water partition coefficient (Wildman–Crippen LogP) is 3.33. The molecule has 0 aliphatic heterocycles. The zero-order valence-electron chi connectivity index (χ0n) is 9.56. The first-order chi connectivity index (χ1) is 8.66. The number of esters is 1. The number of thiophene rings is 1. The van der Waals surface area contributed by atoms with Crippen molar-refractivity contribution in [2.24, 2.45) is 0 Å². The van der Waals surface area contributed by atoms with Gasteiger partial charge in [0.15, 0.2) is 0 Å². The number of carbonyl (C=O) groups is 1. The van der Waals surface area contributed by atoms with Crippen molar-refractivity contribution in [2.75, 3.05) is 12.3 Å². The zero-order valence-corrected chi connectivity index (χ0v) is 12.5. The van der Waals surface area contributed by atoms with Gasteiger partial charge in [-0.2, -0.15) is 0 Å². The monoisotopic (exact) mass is 373 g/mol. The largest absolute Gasteiger partial charge is 0.462 e. The Morgan fingerprint density at radius 1 is 1.39 bits per heavy atom. The lowest BCUT2D eigenvalue weighted by atomic mass is 10.2. The van der Waals surface area contributed by atoms with Gasteiger partial charge in [-0.3, -0.25) is 0 Å². The van der Waals surface area contributed by atoms with Crippen LogP contribution in [-0.4, -0.2) is 12.6 Å². The molecule has 1 aromatic carbocycles. The number of halogens is 1. The van der Waals surface area contributed by atoms with Crippen molar-refractivity contribution in [1.82, 2.24) is 0 Å². The van der Waals surface area contributed by atoms with E-state index in [1.54, 1.807) is 23.5 Å². The molecule has 18 heavy (non-hydrogen) atoms. The fourth-order valence-electron chi connectivity index (χ4n) is 1.48. The summed E-state index contributed by atoms with van der Waals surface area (Å²) in [5.41, 5.74) is 6.65. The van der Waals surface area contributed by atoms with Gasteiger partial charge in [-0.15, -0.1) is 11.3 Å². The fourth-order valence-corrected chi connectivity index (χ4v) is 2.66. The Morgan fingerprint density at radius 3 is 2.94 bits per heavy atom. The predicted molar refractivity (Wildman–Crippen MR) is 81.9 cm³/mol. The molecular weight excluding hydrogens is 361 g/mol. The first kappa shape index (κ1) is 13.4. The summed E-state index contributed by atoms with van der Waals surface area (Å²) in [6.07, 6.45) is 0.743. The normalized spacial score (nSPS) is 10.3. The van der Waals surface area contributed by atoms with E-state index in [-0.39, 0.29) is 5.97 Å². The second-order valence-corrected chi connectivity index (χ2v) is 5.97. The van der Waals surface area contributed by atoms with E-state index < -0.39 is 0 Å². The summed E-state index contributed by atoms with van der Waals surface area (Å²) >= 11 is 3.80. The zero-order chi connectivity index (χ0) is 13.0. The summed E-state index contributed by atoms with van der Waals surface area (Å²) < 4.78 is 6.19. The van der Waals surface area contributed by atoms with E-state index in [1.807, 2.05) is 23.6 Å². The smallest absolute Gasteiger partial charge is 0.340 e. The van der Waals surface area contributed by atoms with Gasteiger partial charge in [0.05, 0.1) is 12.2 Å². The maximum absolute atomic E-state index is 11.8. The van der Waals surface area contributed by atoms with Gasteiger partial charge < -0.3 is 10.5 Å². The first-order valence-corrected chi connectivity index (χ1v) is 7.37. The van der Waals surface area contributed by atoms with Gasteiger partial charge >= 0.3 is 5.97 Å². The molecule has 0 aliphatic rings. The fraction of sp³-hybridized carbons (Fsp3) is 0.154. The minimum atomic E-state index is -0.359. The molecule has 0 aliphatic carbocycles. The standard InChI is InChI=1S/C13H12INO2S/c14-9-3-4-12(15)11(8-9)13(16)17-6-5-10-2-1-7-18-10/h1-4,7-8H,5-6,15H2. The van der Waals surface area contributed by atoms with Crippen LogP contribution in [0.15, 0.2) is 35.7 Å². The summed E-state index contributed by atoms with van der Waals surface area (Å²) in [6.45, 7) is 0.379. The van der Waals surface area contributed by atoms with Crippen molar-refractivity contribution < 1.29 is 9.53 Å². The van der Waals surface area contributed by atoms with Crippen molar-refractivity contribution in [3.63, 3.8) is 0 Å². The van der Waals surface area contributed by atoms with Crippen LogP contribution in [0, 0.1) is 3.57 Å². The van der Waals surface area contributed by atoms with E-state index in [0.717, 1.165) is 9.99 Å². The molecular formula is C13H12INO2S. The molecule has 0 unspecified atom stereocenters. The first-order valence-electron chi connectivity index (χ1n) is 5.41. The summed E-state index contributed by atoms with van der Waals surface area (Å²) in [5, 5.41) is 2.01. The van der Waals surface area contributed by atoms with Gasteiger partial charge in [-0.25, -0.2) is 4.79 Å². The van der Waals surface area contributed by atoms with E-state index in [4.69, 9.17) is 10.5 Å². The van der Waals surface area contributed by atoms with Crippen LogP contribution in [0.1, 0.15) is 15.2 Å². The lowest BCUT2D eigenvalue weighted by Gasteiger charge is -2.06. The Bertz CT molecular complexity index is 540. The van der Waals surface area contributed by atoms with Gasteiger partial charge in [0, 0.05) is 20.6 Å². The second-order valence-electron chi connectivity index (χ2n) is 3.70. The van der Waals surface area contributed by atoms with Crippen molar-refractivity contribution in [2.45, 2.75) is 6.42 Å². The Balaban J connectivity index is 1.93. The highest BCUT2D eigenvalue weighted by molar-refractivity contribution is 14.1. The molecule has 2 aromatic rings. The number of nitrogens with two attached hydrogens (primary N) is 1. The number of hydrogen-bond donors (Lipinski definition) is 1. The third-order valence-electron chi connectivity index (χ3n) is 2.40. The van der Waals surface area contributed by atoms with Gasteiger partial charge in [0.1, 0.15) is 0 Å². The second kappa shape index (κ2) is 6.19. The van der Waals surface area contributed by atoms with E-state index in [1.165, 1.54) is 4.88 Å². The minimum absolute atomic E-state index is 0.359. The number of nitrogen functional groups attached to an aromatic ring is 1. The van der Waals surface area contributed by atoms with E-state index in [9.17, 15) is 4.79 Å². The van der Waals surface area contributed by atoms with Crippen LogP contribution in [0.3, 0.4) is 0 Å². The van der Waals surface area contributed by atoms with E-state index in [0.29, 0.717) is 17.9 Å². The molecule has 0 bridgehead atoms. The maximum atomic E-state index is 11.8. The molecule has 94 valence electrons. The molecule has 1 heterocycles. The van der Waals surface area contributed by atoms with Crippen LogP contribution in [-0.2, 0) is 11.2 Å². The molecule has 0 saturated carbocycles. The number of ether oxygens (including phenoxy) is 1. The third kappa shape index (κ3) is 3.46. The number of anilines is 1. The molecule has 0 fully saturated rings. The van der Waals surface area contributed by atoms with Crippen LogP contribution in [0.5, 0.6) is 0 Å². The van der Waals surface area contributed by atoms with E-state index >= 15 is 0 Å². The summed E-state index contributed by atoms with van der Waals surface area (Å²) in [4.78, 5) is 13.1. The van der Waals surface area contributed by atoms with Gasteiger partial charge in [-0.1, -0.05) is 6.07 Å². The van der Waals surface area contributed by atoms with Gasteiger partial charge in [-0.05, 0) is 52.2 Å². The van der Waals surface area contributed by atoms with E-state index in [2.05, 4.69) is 22.6 Å². The molecule has 5 heteroatoms. The molecule has 0 atom stereocenters. The average molecular weight is 373 g/mol. The van der Waals surface area contributed by atoms with Crippen LogP contribution in [0.2, 0.25) is 0 Å². The van der Waals surface area contributed by atoms with Gasteiger partial charge in [0.25, 0.3) is 0 Å². The summed E-state index contributed by atoms with van der Waals surface area (Å²) in [5.74, 6) is -0.359. The molecule has 0 spiro atoms. The van der Waals surface area contributed by atoms with Crippen LogP contribution < -0.4 is 5.73 Å². The van der Waals surface area contributed by atoms with Gasteiger partial charge in [0.2, 0.25) is 0 Å². The lowest BCUT2D eigenvalue weighted by Crippen LogP contribution is -2.10. The van der Waals surface area contributed by atoms with Crippen molar-refractivity contribution >= 4 is 45.6 Å². The molecule has 1 aromatic heterocycles. The summed E-state index contributed by atoms with van der Waals surface area (Å²) in [6, 6.07) is 9.33. The van der Waals surface area contributed by atoms with Crippen LogP contribution in [0.25, 0.3) is 0 Å². The highest BCUT2D eigenvalue weighted by Crippen LogP contribution is 2.17. The topological polar surface area (TPSA) is 52.3 Å². The summed E-state index contributed by atoms with van der Waals surface area (Å²) in [7, 11) is 0. The highest BCUT2D eigenvalue weighted by Gasteiger charge is 2.11. The number of carbonyl (C=O) groups excluding carboxylic acids is 1. The third-order valence-corrected chi connectivity index (χ3v) is 4.00. The molecule has 0 amide bonds. The number of hydrogen-bond acceptors (Lipinski definition) is 4. The van der Waals surface area contributed by atoms with Crippen LogP contribution >= 0.6 is 33.9 Å².